The van der Waals surface area contributed by atoms with Gasteiger partial charge in [0.1, 0.15) is 11.3 Å². The summed E-state index contributed by atoms with van der Waals surface area (Å²) in [4.78, 5) is 8.64. The van der Waals surface area contributed by atoms with E-state index in [-0.39, 0.29) is 5.82 Å². The fraction of sp³-hybridized carbons (Fsp3) is 0.200. The summed E-state index contributed by atoms with van der Waals surface area (Å²) in [5, 5.41) is 0. The van der Waals surface area contributed by atoms with Gasteiger partial charge in [0.15, 0.2) is 5.65 Å². The molecule has 0 aliphatic heterocycles. The van der Waals surface area contributed by atoms with Gasteiger partial charge in [0.05, 0.1) is 7.11 Å². The molecule has 0 aliphatic carbocycles. The Bertz CT molecular complexity index is 784. The maximum atomic E-state index is 13.2. The van der Waals surface area contributed by atoms with Crippen LogP contribution in [0.2, 0.25) is 0 Å². The maximum Gasteiger partial charge on any atom is 0.215 e. The second kappa shape index (κ2) is 5.40. The number of anilines is 1. The number of pyridine rings is 1. The lowest BCUT2D eigenvalue weighted by atomic mass is 10.1. The van der Waals surface area contributed by atoms with Gasteiger partial charge < -0.3 is 10.5 Å². The average Bonchev–Trinajstić information content (AvgIpc) is 2.79. The number of aromatic nitrogens is 3. The van der Waals surface area contributed by atoms with E-state index in [2.05, 4.69) is 9.97 Å². The number of methoxy groups -OCH3 is 1. The van der Waals surface area contributed by atoms with Gasteiger partial charge in [0, 0.05) is 12.6 Å². The van der Waals surface area contributed by atoms with Crippen molar-refractivity contribution in [1.29, 1.82) is 0 Å². The van der Waals surface area contributed by atoms with Crippen molar-refractivity contribution in [1.82, 2.24) is 14.5 Å². The molecule has 0 saturated heterocycles. The smallest absolute Gasteiger partial charge is 0.215 e. The molecular weight excluding hydrogens is 271 g/mol. The Morgan fingerprint density at radius 1 is 1.24 bits per heavy atom. The molecule has 0 unspecified atom stereocenters. The third kappa shape index (κ3) is 2.65. The summed E-state index contributed by atoms with van der Waals surface area (Å²) < 4.78 is 20.1. The number of fused-ring (bicyclic) bond motifs is 1. The van der Waals surface area contributed by atoms with Gasteiger partial charge in [0.25, 0.3) is 0 Å². The lowest BCUT2D eigenvalue weighted by molar-refractivity contribution is 0.399. The quantitative estimate of drug-likeness (QED) is 0.800. The van der Waals surface area contributed by atoms with Gasteiger partial charge >= 0.3 is 0 Å². The maximum absolute atomic E-state index is 13.2. The van der Waals surface area contributed by atoms with Crippen LogP contribution in [0.1, 0.15) is 5.56 Å². The van der Waals surface area contributed by atoms with Crippen molar-refractivity contribution >= 4 is 17.1 Å². The molecule has 0 amide bonds. The van der Waals surface area contributed by atoms with Crippen LogP contribution in [0.3, 0.4) is 0 Å². The van der Waals surface area contributed by atoms with Crippen molar-refractivity contribution in [3.8, 4) is 5.88 Å². The molecule has 108 valence electrons. The first-order valence-electron chi connectivity index (χ1n) is 6.58. The van der Waals surface area contributed by atoms with Gasteiger partial charge in [-0.1, -0.05) is 12.1 Å². The number of nitrogens with zero attached hydrogens (tertiary/aromatic N) is 3. The Balaban J connectivity index is 1.90. The number of ether oxygens (including phenoxy) is 1. The van der Waals surface area contributed by atoms with E-state index in [4.69, 9.17) is 10.5 Å². The highest BCUT2D eigenvalue weighted by Crippen LogP contribution is 2.20. The molecular formula is C15H15FN4O. The number of hydrogen-bond acceptors (Lipinski definition) is 4. The number of benzene rings is 1. The van der Waals surface area contributed by atoms with Crippen molar-refractivity contribution in [3.05, 3.63) is 47.8 Å². The van der Waals surface area contributed by atoms with E-state index in [9.17, 15) is 4.39 Å². The van der Waals surface area contributed by atoms with Crippen LogP contribution in [0, 0.1) is 5.82 Å². The largest absolute Gasteiger partial charge is 0.481 e. The topological polar surface area (TPSA) is 66.0 Å². The summed E-state index contributed by atoms with van der Waals surface area (Å²) in [6.07, 6.45) is 0.645. The minimum atomic E-state index is -0.240. The summed E-state index contributed by atoms with van der Waals surface area (Å²) in [5.74, 6) is 0.660. The van der Waals surface area contributed by atoms with E-state index in [0.29, 0.717) is 36.0 Å². The molecule has 0 saturated carbocycles. The molecule has 6 heteroatoms. The Morgan fingerprint density at radius 2 is 2.10 bits per heavy atom. The van der Waals surface area contributed by atoms with Crippen LogP contribution in [-0.4, -0.2) is 21.6 Å². The molecule has 5 nitrogen and oxygen atoms in total. The molecule has 2 aromatic heterocycles. The Labute approximate surface area is 121 Å². The minimum absolute atomic E-state index is 0.240. The predicted molar refractivity (Wildman–Crippen MR) is 78.6 cm³/mol. The highest BCUT2D eigenvalue weighted by Gasteiger charge is 2.10. The van der Waals surface area contributed by atoms with Crippen LogP contribution in [0.4, 0.5) is 10.3 Å². The third-order valence-electron chi connectivity index (χ3n) is 3.32. The summed E-state index contributed by atoms with van der Waals surface area (Å²) in [5.41, 5.74) is 8.22. The molecule has 2 N–H and O–H groups in total. The number of aryl methyl sites for hydroxylation is 2. The Kier molecular flexibility index (Phi) is 3.43. The van der Waals surface area contributed by atoms with E-state index >= 15 is 0 Å². The molecule has 0 radical (unpaired) electrons. The fourth-order valence-corrected chi connectivity index (χ4v) is 2.27. The van der Waals surface area contributed by atoms with Crippen LogP contribution >= 0.6 is 0 Å². The number of halogens is 1. The molecule has 3 aromatic rings. The standard InChI is InChI=1S/C15H15FN4O/c1-21-13-6-5-12-14(19-13)20(15(17)18-12)8-7-10-3-2-4-11(16)9-10/h2-6,9H,7-8H2,1H3,(H2,17,18). The van der Waals surface area contributed by atoms with Crippen molar-refractivity contribution in [2.45, 2.75) is 13.0 Å². The molecule has 0 aliphatic rings. The molecule has 0 atom stereocenters. The zero-order valence-corrected chi connectivity index (χ0v) is 11.6. The molecule has 0 spiro atoms. The van der Waals surface area contributed by atoms with Gasteiger partial charge in [-0.2, -0.15) is 4.98 Å². The summed E-state index contributed by atoms with van der Waals surface area (Å²) >= 11 is 0. The number of hydrogen-bond donors (Lipinski definition) is 1. The lowest BCUT2D eigenvalue weighted by Crippen LogP contribution is -2.06. The zero-order chi connectivity index (χ0) is 14.8. The van der Waals surface area contributed by atoms with Gasteiger partial charge in [-0.25, -0.2) is 9.37 Å². The van der Waals surface area contributed by atoms with Gasteiger partial charge in [-0.3, -0.25) is 4.57 Å². The van der Waals surface area contributed by atoms with Crippen LogP contribution in [-0.2, 0) is 13.0 Å². The highest BCUT2D eigenvalue weighted by atomic mass is 19.1. The van der Waals surface area contributed by atoms with Crippen LogP contribution in [0.25, 0.3) is 11.2 Å². The van der Waals surface area contributed by atoms with E-state index in [1.165, 1.54) is 12.1 Å². The summed E-state index contributed by atoms with van der Waals surface area (Å²) in [7, 11) is 1.56. The van der Waals surface area contributed by atoms with Crippen LogP contribution in [0.5, 0.6) is 5.88 Å². The number of nitrogen functional groups attached to an aromatic ring is 1. The fourth-order valence-electron chi connectivity index (χ4n) is 2.27. The molecule has 21 heavy (non-hydrogen) atoms. The number of imidazole rings is 1. The van der Waals surface area contributed by atoms with Crippen LogP contribution < -0.4 is 10.5 Å². The SMILES string of the molecule is COc1ccc2nc(N)n(CCc3cccc(F)c3)c2n1. The molecule has 0 fully saturated rings. The molecule has 3 rings (SSSR count). The molecule has 0 bridgehead atoms. The van der Waals surface area contributed by atoms with Crippen molar-refractivity contribution < 1.29 is 9.13 Å². The van der Waals surface area contributed by atoms with Crippen LogP contribution in [0.15, 0.2) is 36.4 Å². The van der Waals surface area contributed by atoms with Crippen molar-refractivity contribution in [2.24, 2.45) is 0 Å². The summed E-state index contributed by atoms with van der Waals surface area (Å²) in [6.45, 7) is 0.575. The van der Waals surface area contributed by atoms with E-state index in [1.807, 2.05) is 16.7 Å². The summed E-state index contributed by atoms with van der Waals surface area (Å²) in [6, 6.07) is 10.1. The first kappa shape index (κ1) is 13.4. The monoisotopic (exact) mass is 286 g/mol. The van der Waals surface area contributed by atoms with E-state index in [1.54, 1.807) is 19.2 Å². The normalized spacial score (nSPS) is 11.0. The van der Waals surface area contributed by atoms with Crippen molar-refractivity contribution in [2.75, 3.05) is 12.8 Å². The average molecular weight is 286 g/mol. The third-order valence-corrected chi connectivity index (χ3v) is 3.32. The van der Waals surface area contributed by atoms with Gasteiger partial charge in [-0.05, 0) is 30.2 Å². The minimum Gasteiger partial charge on any atom is -0.481 e. The zero-order valence-electron chi connectivity index (χ0n) is 11.6. The predicted octanol–water partition coefficient (Wildman–Crippen LogP) is 2.40. The van der Waals surface area contributed by atoms with Gasteiger partial charge in [-0.15, -0.1) is 0 Å². The highest BCUT2D eigenvalue weighted by molar-refractivity contribution is 5.74. The van der Waals surface area contributed by atoms with E-state index < -0.39 is 0 Å². The number of nitrogens with two attached hydrogens (primary N) is 1. The Morgan fingerprint density at radius 3 is 2.86 bits per heavy atom. The first-order chi connectivity index (χ1) is 10.2. The number of rotatable bonds is 4. The second-order valence-electron chi connectivity index (χ2n) is 4.70. The Hall–Kier alpha value is -2.63. The van der Waals surface area contributed by atoms with Crippen molar-refractivity contribution in [3.63, 3.8) is 0 Å². The lowest BCUT2D eigenvalue weighted by Gasteiger charge is -2.07. The second-order valence-corrected chi connectivity index (χ2v) is 4.70. The van der Waals surface area contributed by atoms with E-state index in [0.717, 1.165) is 5.56 Å². The molecule has 2 heterocycles. The molecule has 1 aromatic carbocycles. The van der Waals surface area contributed by atoms with Gasteiger partial charge in [0.2, 0.25) is 11.8 Å². The first-order valence-corrected chi connectivity index (χ1v) is 6.58.